The van der Waals surface area contributed by atoms with Gasteiger partial charge in [-0.05, 0) is 35.3 Å². The average Bonchev–Trinajstić information content (AvgIpc) is 2.68. The highest BCUT2D eigenvalue weighted by Gasteiger charge is 2.29. The molecule has 4 heteroatoms. The summed E-state index contributed by atoms with van der Waals surface area (Å²) in [7, 11) is 0. The molecule has 1 atom stereocenters. The van der Waals surface area contributed by atoms with E-state index in [0.717, 1.165) is 6.42 Å². The first-order chi connectivity index (χ1) is 13.6. The lowest BCUT2D eigenvalue weighted by atomic mass is 9.80. The first-order valence-electron chi connectivity index (χ1n) is 10.6. The summed E-state index contributed by atoms with van der Waals surface area (Å²) in [5, 5.41) is 10.5. The predicted octanol–water partition coefficient (Wildman–Crippen LogP) is 7.20. The maximum atomic E-state index is 12.8. The van der Waals surface area contributed by atoms with Crippen molar-refractivity contribution in [3.63, 3.8) is 0 Å². The van der Waals surface area contributed by atoms with Crippen LogP contribution in [0.5, 0.6) is 5.75 Å². The third-order valence-electron chi connectivity index (χ3n) is 4.26. The normalized spacial score (nSPS) is 11.7. The summed E-state index contributed by atoms with van der Waals surface area (Å²) in [5.74, 6) is -0.903. The number of aromatic carboxylic acids is 1. The van der Waals surface area contributed by atoms with Crippen molar-refractivity contribution < 1.29 is 19.4 Å². The van der Waals surface area contributed by atoms with Crippen LogP contribution in [-0.2, 0) is 4.79 Å². The van der Waals surface area contributed by atoms with E-state index >= 15 is 0 Å². The summed E-state index contributed by atoms with van der Waals surface area (Å²) < 4.78 is 5.70. The molecule has 0 aliphatic rings. The molecular weight excluding hydrogens is 364 g/mol. The average molecular weight is 403 g/mol. The minimum Gasteiger partial charge on any atom is -0.478 e. The number of carbonyl (C=O) groups excluding carboxylic acids is 1. The fourth-order valence-corrected chi connectivity index (χ4v) is 2.99. The summed E-state index contributed by atoms with van der Waals surface area (Å²) in [4.78, 5) is 24.2. The van der Waals surface area contributed by atoms with Crippen molar-refractivity contribution in [1.82, 2.24) is 0 Å². The Kier molecular flexibility index (Phi) is 11.3. The van der Waals surface area contributed by atoms with Crippen LogP contribution in [0.1, 0.15) is 79.1 Å². The molecule has 0 radical (unpaired) electrons. The van der Waals surface area contributed by atoms with Crippen LogP contribution in [0.4, 0.5) is 0 Å². The monoisotopic (exact) mass is 402 g/mol. The molecule has 0 aromatic heterocycles. The molecular formula is C25H38O4. The summed E-state index contributed by atoms with van der Waals surface area (Å²) in [6.45, 7) is 18.3. The standard InChI is InChI=1S/C21H26O4.2C2H6/c1-13(2)17(12-21(3,4)5)20(24)25-18-11-7-8-14-15(18)9-6-10-16(14)19(22)23;2*1-2/h6-11,13,17H,12H2,1-5H3,(H,22,23);2*1-2H3. The maximum Gasteiger partial charge on any atom is 0.336 e. The van der Waals surface area contributed by atoms with Crippen LogP contribution in [0.3, 0.4) is 0 Å². The van der Waals surface area contributed by atoms with Gasteiger partial charge >= 0.3 is 11.9 Å². The Balaban J connectivity index is 0.00000184. The number of ether oxygens (including phenoxy) is 1. The Morgan fingerprint density at radius 1 is 0.931 bits per heavy atom. The van der Waals surface area contributed by atoms with Crippen molar-refractivity contribution in [2.45, 2.75) is 68.7 Å². The largest absolute Gasteiger partial charge is 0.478 e. The van der Waals surface area contributed by atoms with Gasteiger partial charge in [0.05, 0.1) is 11.5 Å². The summed E-state index contributed by atoms with van der Waals surface area (Å²) in [5.41, 5.74) is 0.217. The Labute approximate surface area is 176 Å². The zero-order valence-corrected chi connectivity index (χ0v) is 19.5. The van der Waals surface area contributed by atoms with E-state index < -0.39 is 5.97 Å². The lowest BCUT2D eigenvalue weighted by Gasteiger charge is -2.27. The molecule has 162 valence electrons. The maximum absolute atomic E-state index is 12.8. The van der Waals surface area contributed by atoms with Crippen molar-refractivity contribution in [3.8, 4) is 5.75 Å². The van der Waals surface area contributed by atoms with Crippen LogP contribution in [0.15, 0.2) is 36.4 Å². The van der Waals surface area contributed by atoms with Crippen LogP contribution < -0.4 is 4.74 Å². The van der Waals surface area contributed by atoms with Crippen LogP contribution in [-0.4, -0.2) is 17.0 Å². The second kappa shape index (κ2) is 12.3. The van der Waals surface area contributed by atoms with Gasteiger partial charge in [0.25, 0.3) is 0 Å². The first kappa shape index (κ1) is 26.6. The highest BCUT2D eigenvalue weighted by Crippen LogP contribution is 2.33. The van der Waals surface area contributed by atoms with Crippen LogP contribution >= 0.6 is 0 Å². The lowest BCUT2D eigenvalue weighted by Crippen LogP contribution is -2.29. The van der Waals surface area contributed by atoms with Gasteiger partial charge in [-0.15, -0.1) is 0 Å². The fraction of sp³-hybridized carbons (Fsp3) is 0.520. The van der Waals surface area contributed by atoms with Gasteiger partial charge < -0.3 is 9.84 Å². The lowest BCUT2D eigenvalue weighted by molar-refractivity contribution is -0.141. The number of hydrogen-bond acceptors (Lipinski definition) is 3. The molecule has 29 heavy (non-hydrogen) atoms. The molecule has 2 aromatic carbocycles. The molecule has 0 saturated heterocycles. The van der Waals surface area contributed by atoms with Gasteiger partial charge in [-0.25, -0.2) is 4.79 Å². The Hall–Kier alpha value is -2.36. The molecule has 0 bridgehead atoms. The van der Waals surface area contributed by atoms with Crippen molar-refractivity contribution in [1.29, 1.82) is 0 Å². The number of benzene rings is 2. The molecule has 1 N–H and O–H groups in total. The third-order valence-corrected chi connectivity index (χ3v) is 4.26. The molecule has 0 spiro atoms. The Morgan fingerprint density at radius 2 is 1.45 bits per heavy atom. The van der Waals surface area contributed by atoms with Crippen molar-refractivity contribution in [2.75, 3.05) is 0 Å². The molecule has 0 fully saturated rings. The summed E-state index contributed by atoms with van der Waals surface area (Å²) >= 11 is 0. The predicted molar refractivity (Wildman–Crippen MR) is 122 cm³/mol. The molecule has 2 rings (SSSR count). The van der Waals surface area contributed by atoms with Gasteiger partial charge in [-0.2, -0.15) is 0 Å². The minimum atomic E-state index is -0.998. The second-order valence-corrected chi connectivity index (χ2v) is 8.00. The van der Waals surface area contributed by atoms with E-state index in [1.165, 1.54) is 0 Å². The second-order valence-electron chi connectivity index (χ2n) is 8.00. The van der Waals surface area contributed by atoms with Gasteiger partial charge in [-0.3, -0.25) is 4.79 Å². The van der Waals surface area contributed by atoms with E-state index in [0.29, 0.717) is 16.5 Å². The van der Waals surface area contributed by atoms with Crippen LogP contribution in [0, 0.1) is 17.3 Å². The molecule has 4 nitrogen and oxygen atoms in total. The molecule has 0 heterocycles. The summed E-state index contributed by atoms with van der Waals surface area (Å²) in [6.07, 6.45) is 0.731. The van der Waals surface area contributed by atoms with Gasteiger partial charge in [0, 0.05) is 5.39 Å². The van der Waals surface area contributed by atoms with Crippen molar-refractivity contribution in [3.05, 3.63) is 42.0 Å². The quantitative estimate of drug-likeness (QED) is 0.424. The fourth-order valence-electron chi connectivity index (χ4n) is 2.99. The minimum absolute atomic E-state index is 0.0171. The molecule has 0 saturated carbocycles. The van der Waals surface area contributed by atoms with E-state index in [1.807, 2.05) is 41.5 Å². The number of carboxylic acids is 1. The van der Waals surface area contributed by atoms with Gasteiger partial charge in [0.15, 0.2) is 0 Å². The van der Waals surface area contributed by atoms with E-state index in [-0.39, 0.29) is 28.8 Å². The number of carboxylic acid groups (broad SMARTS) is 1. The number of esters is 1. The highest BCUT2D eigenvalue weighted by atomic mass is 16.5. The first-order valence-corrected chi connectivity index (χ1v) is 10.6. The van der Waals surface area contributed by atoms with Crippen molar-refractivity contribution in [2.24, 2.45) is 17.3 Å². The SMILES string of the molecule is CC.CC.CC(C)C(CC(C)(C)C)C(=O)Oc1cccc2c(C(=O)O)cccc12. The molecule has 2 aromatic rings. The van der Waals surface area contributed by atoms with Gasteiger partial charge in [-0.1, -0.05) is 86.6 Å². The zero-order chi connectivity index (χ0) is 22.8. The number of carbonyl (C=O) groups is 2. The Morgan fingerprint density at radius 3 is 1.93 bits per heavy atom. The molecule has 0 aliphatic carbocycles. The van der Waals surface area contributed by atoms with Crippen LogP contribution in [0.2, 0.25) is 0 Å². The van der Waals surface area contributed by atoms with Gasteiger partial charge in [0.2, 0.25) is 0 Å². The molecule has 0 amide bonds. The van der Waals surface area contributed by atoms with E-state index in [4.69, 9.17) is 4.74 Å². The van der Waals surface area contributed by atoms with Crippen LogP contribution in [0.25, 0.3) is 10.8 Å². The molecule has 0 aliphatic heterocycles. The third kappa shape index (κ3) is 7.88. The molecule has 1 unspecified atom stereocenters. The summed E-state index contributed by atoms with van der Waals surface area (Å²) in [6, 6.07) is 10.1. The smallest absolute Gasteiger partial charge is 0.336 e. The zero-order valence-electron chi connectivity index (χ0n) is 19.5. The van der Waals surface area contributed by atoms with Crippen molar-refractivity contribution >= 4 is 22.7 Å². The Bertz CT molecular complexity index is 785. The topological polar surface area (TPSA) is 63.6 Å². The van der Waals surface area contributed by atoms with E-state index in [9.17, 15) is 14.7 Å². The number of rotatable bonds is 5. The number of fused-ring (bicyclic) bond motifs is 1. The van der Waals surface area contributed by atoms with Gasteiger partial charge in [0.1, 0.15) is 5.75 Å². The van der Waals surface area contributed by atoms with E-state index in [1.54, 1.807) is 36.4 Å². The number of hydrogen-bond donors (Lipinski definition) is 1. The highest BCUT2D eigenvalue weighted by molar-refractivity contribution is 6.05. The van der Waals surface area contributed by atoms with E-state index in [2.05, 4.69) is 20.8 Å².